The number of benzene rings is 1. The van der Waals surface area contributed by atoms with Crippen LogP contribution in [-0.4, -0.2) is 141 Å². The van der Waals surface area contributed by atoms with Gasteiger partial charge >= 0.3 is 12.1 Å². The zero-order valence-electron chi connectivity index (χ0n) is 28.7. The predicted molar refractivity (Wildman–Crippen MR) is 177 cm³/mol. The summed E-state index contributed by atoms with van der Waals surface area (Å²) in [4.78, 5) is 83.7. The molecule has 1 saturated carbocycles. The summed E-state index contributed by atoms with van der Waals surface area (Å²) in [5.74, 6) is -2.72. The fourth-order valence-corrected chi connectivity index (χ4v) is 6.36. The van der Waals surface area contributed by atoms with Crippen molar-refractivity contribution in [2.45, 2.75) is 76.5 Å². The van der Waals surface area contributed by atoms with Crippen LogP contribution in [0, 0.1) is 0 Å². The first-order valence-electron chi connectivity index (χ1n) is 17.1. The van der Waals surface area contributed by atoms with E-state index >= 15 is 0 Å². The maximum atomic E-state index is 13.6. The normalized spacial score (nSPS) is 19.5. The molecule has 0 bridgehead atoms. The molecule has 3 atom stereocenters. The molecule has 1 aliphatic carbocycles. The molecule has 2 aliphatic heterocycles. The lowest BCUT2D eigenvalue weighted by Gasteiger charge is -2.40. The van der Waals surface area contributed by atoms with Crippen molar-refractivity contribution in [1.29, 1.82) is 0 Å². The molecule has 2 saturated heterocycles. The van der Waals surface area contributed by atoms with Crippen LogP contribution < -0.4 is 10.1 Å². The second-order valence-corrected chi connectivity index (χ2v) is 12.8. The average Bonchev–Trinajstić information content (AvgIpc) is 3.67. The zero-order chi connectivity index (χ0) is 35.9. The van der Waals surface area contributed by atoms with Gasteiger partial charge in [-0.15, -0.1) is 0 Å². The van der Waals surface area contributed by atoms with Crippen LogP contribution >= 0.6 is 0 Å². The Kier molecular flexibility index (Phi) is 11.6. The van der Waals surface area contributed by atoms with E-state index in [0.717, 1.165) is 12.8 Å². The molecule has 1 aromatic carbocycles. The van der Waals surface area contributed by atoms with Gasteiger partial charge in [-0.1, -0.05) is 18.2 Å². The molecule has 16 nitrogen and oxygen atoms in total. The molecule has 3 aliphatic rings. The van der Waals surface area contributed by atoms with Crippen LogP contribution in [0.4, 0.5) is 4.79 Å². The van der Waals surface area contributed by atoms with Crippen LogP contribution in [-0.2, 0) is 23.9 Å². The number of nitrogens with zero attached hydrogens (tertiary/aromatic N) is 6. The second kappa shape index (κ2) is 16.0. The highest BCUT2D eigenvalue weighted by Crippen LogP contribution is 2.29. The molecule has 1 aromatic heterocycles. The molecule has 3 fully saturated rings. The molecular formula is C34H45N7O9. The number of nitrogens with one attached hydrogen (secondary N) is 1. The van der Waals surface area contributed by atoms with E-state index in [1.807, 2.05) is 0 Å². The number of hydrogen-bond acceptors (Lipinski definition) is 9. The lowest BCUT2D eigenvalue weighted by molar-refractivity contribution is -0.144. The topological polar surface area (TPSA) is 184 Å². The number of amides is 5. The molecule has 16 heteroatoms. The van der Waals surface area contributed by atoms with Crippen LogP contribution in [0.25, 0.3) is 5.69 Å². The third-order valence-corrected chi connectivity index (χ3v) is 9.25. The monoisotopic (exact) mass is 695 g/mol. The summed E-state index contributed by atoms with van der Waals surface area (Å²) in [5.41, 5.74) is 0.423. The van der Waals surface area contributed by atoms with E-state index in [9.17, 15) is 33.9 Å². The summed E-state index contributed by atoms with van der Waals surface area (Å²) in [5, 5.41) is 16.4. The van der Waals surface area contributed by atoms with Gasteiger partial charge in [0.05, 0.1) is 12.3 Å². The lowest BCUT2D eigenvalue weighted by atomic mass is 10.1. The van der Waals surface area contributed by atoms with Crippen LogP contribution in [0.1, 0.15) is 62.9 Å². The van der Waals surface area contributed by atoms with Crippen LogP contribution in [0.3, 0.4) is 0 Å². The van der Waals surface area contributed by atoms with Gasteiger partial charge in [-0.3, -0.25) is 24.0 Å². The van der Waals surface area contributed by atoms with Gasteiger partial charge in [-0.25, -0.2) is 9.48 Å². The molecule has 2 N–H and O–H groups in total. The molecule has 270 valence electrons. The first kappa shape index (κ1) is 36.1. The third kappa shape index (κ3) is 8.52. The maximum absolute atomic E-state index is 13.6. The second-order valence-electron chi connectivity index (χ2n) is 12.8. The number of carboxylic acid groups (broad SMARTS) is 1. The number of aromatic nitrogens is 2. The maximum Gasteiger partial charge on any atom is 0.410 e. The van der Waals surface area contributed by atoms with Crippen molar-refractivity contribution in [3.63, 3.8) is 0 Å². The van der Waals surface area contributed by atoms with E-state index in [-0.39, 0.29) is 74.6 Å². The van der Waals surface area contributed by atoms with Gasteiger partial charge in [-0.2, -0.15) is 5.10 Å². The lowest BCUT2D eigenvalue weighted by Crippen LogP contribution is -2.59. The number of carbonyl (C=O) groups excluding carboxylic acids is 5. The van der Waals surface area contributed by atoms with Gasteiger partial charge in [0.15, 0.2) is 12.3 Å². The van der Waals surface area contributed by atoms with E-state index in [1.54, 1.807) is 61.0 Å². The summed E-state index contributed by atoms with van der Waals surface area (Å²) >= 11 is 0. The first-order chi connectivity index (χ1) is 24.0. The summed E-state index contributed by atoms with van der Waals surface area (Å²) < 4.78 is 12.4. The number of carbonyl (C=O) groups is 6. The van der Waals surface area contributed by atoms with Gasteiger partial charge < -0.3 is 39.5 Å². The molecule has 0 radical (unpaired) electrons. The number of hydrogen-bond donors (Lipinski definition) is 2. The quantitative estimate of drug-likeness (QED) is 0.312. The van der Waals surface area contributed by atoms with Gasteiger partial charge in [0.25, 0.3) is 11.8 Å². The molecule has 2 aromatic rings. The first-order valence-corrected chi connectivity index (χ1v) is 17.1. The number of likely N-dealkylation sites (N-methyl/N-ethyl adjacent to an activating group) is 1. The zero-order valence-corrected chi connectivity index (χ0v) is 28.7. The van der Waals surface area contributed by atoms with E-state index in [2.05, 4.69) is 10.4 Å². The van der Waals surface area contributed by atoms with Gasteiger partial charge in [0, 0.05) is 57.8 Å². The van der Waals surface area contributed by atoms with Crippen molar-refractivity contribution in [2.75, 3.05) is 46.4 Å². The summed E-state index contributed by atoms with van der Waals surface area (Å²) in [6.07, 6.45) is 2.19. The number of ether oxygens (including phenoxy) is 2. The average molecular weight is 696 g/mol. The fraction of sp³-hybridized carbons (Fsp3) is 0.559. The van der Waals surface area contributed by atoms with Gasteiger partial charge in [-0.05, 0) is 58.1 Å². The summed E-state index contributed by atoms with van der Waals surface area (Å²) in [6, 6.07) is 8.30. The largest absolute Gasteiger partial charge is 0.481 e. The SMILES string of the molecule is CCOC(=O)N1CCN(C(=O)C(CCC(=O)O)NC(=O)c2cc(OCC(=O)N3CCCC3C(=O)N(C)C3CC3)n(-c3ccccc3)n2)CC1C. The molecule has 3 unspecified atom stereocenters. The number of likely N-dealkylation sites (tertiary alicyclic amines) is 1. The molecule has 5 amide bonds. The standard InChI is InChI=1S/C34H45N7O9/c1-4-49-34(48)39-18-17-38(20-22(39)2)32(46)25(14-15-30(43)44)35-31(45)26-19-29(41(36-26)24-9-6-5-7-10-24)50-21-28(42)40-16-8-11-27(40)33(47)37(3)23-12-13-23/h5-7,9-10,19,22-23,25,27H,4,8,11-18,20-21H2,1-3H3,(H,35,45)(H,43,44). The fourth-order valence-electron chi connectivity index (χ4n) is 6.36. The summed E-state index contributed by atoms with van der Waals surface area (Å²) in [6.45, 7) is 4.31. The van der Waals surface area contributed by atoms with Crippen molar-refractivity contribution in [3.8, 4) is 11.6 Å². The van der Waals surface area contributed by atoms with E-state index in [1.165, 1.54) is 20.5 Å². The molecular weight excluding hydrogens is 650 g/mol. The van der Waals surface area contributed by atoms with E-state index < -0.39 is 42.6 Å². The van der Waals surface area contributed by atoms with Crippen molar-refractivity contribution in [1.82, 2.24) is 34.7 Å². The van der Waals surface area contributed by atoms with Crippen LogP contribution in [0.5, 0.6) is 5.88 Å². The smallest absolute Gasteiger partial charge is 0.410 e. The Bertz CT molecular complexity index is 1580. The van der Waals surface area contributed by atoms with E-state index in [0.29, 0.717) is 25.1 Å². The Balaban J connectivity index is 1.30. The van der Waals surface area contributed by atoms with E-state index in [4.69, 9.17) is 9.47 Å². The Morgan fingerprint density at radius 3 is 2.44 bits per heavy atom. The third-order valence-electron chi connectivity index (χ3n) is 9.25. The number of aliphatic carboxylic acids is 1. The number of carboxylic acids is 1. The van der Waals surface area contributed by atoms with Crippen molar-refractivity contribution >= 4 is 35.7 Å². The van der Waals surface area contributed by atoms with Gasteiger partial charge in [0.2, 0.25) is 17.7 Å². The number of para-hydroxylation sites is 1. The number of rotatable bonds is 13. The molecule has 5 rings (SSSR count). The highest BCUT2D eigenvalue weighted by Gasteiger charge is 2.40. The van der Waals surface area contributed by atoms with Crippen LogP contribution in [0.2, 0.25) is 0 Å². The minimum absolute atomic E-state index is 0.0750. The molecule has 0 spiro atoms. The predicted octanol–water partition coefficient (Wildman–Crippen LogP) is 1.52. The molecule has 50 heavy (non-hydrogen) atoms. The van der Waals surface area contributed by atoms with Gasteiger partial charge in [0.1, 0.15) is 12.1 Å². The molecule has 3 heterocycles. The highest BCUT2D eigenvalue weighted by molar-refractivity contribution is 5.96. The summed E-state index contributed by atoms with van der Waals surface area (Å²) in [7, 11) is 1.77. The Morgan fingerprint density at radius 2 is 1.78 bits per heavy atom. The highest BCUT2D eigenvalue weighted by atomic mass is 16.6. The van der Waals surface area contributed by atoms with Crippen molar-refractivity contribution in [2.24, 2.45) is 0 Å². The minimum atomic E-state index is -1.19. The minimum Gasteiger partial charge on any atom is -0.481 e. The number of piperazine rings is 1. The Hall–Kier alpha value is -5.15. The Labute approximate surface area is 290 Å². The Morgan fingerprint density at radius 1 is 1.04 bits per heavy atom. The van der Waals surface area contributed by atoms with Crippen molar-refractivity contribution in [3.05, 3.63) is 42.1 Å². The van der Waals surface area contributed by atoms with Crippen LogP contribution in [0.15, 0.2) is 36.4 Å². The van der Waals surface area contributed by atoms with Crippen molar-refractivity contribution < 1.29 is 43.3 Å².